The molecule has 1 N–H and O–H groups in total. The second-order valence-electron chi connectivity index (χ2n) is 8.89. The highest BCUT2D eigenvalue weighted by molar-refractivity contribution is 7.80. The Kier molecular flexibility index (Phi) is 5.79. The highest BCUT2D eigenvalue weighted by Gasteiger charge is 2.39. The number of rotatable bonds is 7. The van der Waals surface area contributed by atoms with Crippen LogP contribution in [0.4, 0.5) is 0 Å². The Labute approximate surface area is 200 Å². The molecule has 4 rings (SSSR count). The number of benzene rings is 1. The molecule has 0 unspecified atom stereocenters. The van der Waals surface area contributed by atoms with Gasteiger partial charge in [0, 0.05) is 42.7 Å². The number of thiocarbonyl (C=S) groups is 1. The molecule has 0 saturated heterocycles. The van der Waals surface area contributed by atoms with Crippen molar-refractivity contribution in [2.75, 3.05) is 20.1 Å². The van der Waals surface area contributed by atoms with Crippen molar-refractivity contribution in [3.63, 3.8) is 0 Å². The minimum atomic E-state index is -1.08. The van der Waals surface area contributed by atoms with Gasteiger partial charge in [-0.2, -0.15) is 0 Å². The van der Waals surface area contributed by atoms with Crippen molar-refractivity contribution >= 4 is 57.8 Å². The molecule has 0 bridgehead atoms. The molecule has 0 spiro atoms. The molecule has 0 saturated carbocycles. The Morgan fingerprint density at radius 3 is 2.52 bits per heavy atom. The van der Waals surface area contributed by atoms with E-state index in [1.807, 2.05) is 32.0 Å². The summed E-state index contributed by atoms with van der Waals surface area (Å²) in [5.41, 5.74) is 1.86. The lowest BCUT2D eigenvalue weighted by Gasteiger charge is -2.30. The topological polar surface area (TPSA) is 96.0 Å². The molecule has 1 aliphatic rings. The number of carbonyl (C=O) groups excluding carboxylic acids is 2. The fourth-order valence-electron chi connectivity index (χ4n) is 3.92. The normalized spacial score (nSPS) is 13.6. The van der Waals surface area contributed by atoms with E-state index in [0.717, 1.165) is 10.5 Å². The van der Waals surface area contributed by atoms with Gasteiger partial charge in [-0.25, -0.2) is 0 Å². The average molecular weight is 488 g/mol. The van der Waals surface area contributed by atoms with Gasteiger partial charge in [0.05, 0.1) is 5.52 Å². The molecule has 1 aromatic carbocycles. The van der Waals surface area contributed by atoms with Crippen LogP contribution < -0.4 is 0 Å². The molecule has 33 heavy (non-hydrogen) atoms. The highest BCUT2D eigenvalue weighted by atomic mass is 35.5. The zero-order valence-corrected chi connectivity index (χ0v) is 19.9. The van der Waals surface area contributed by atoms with E-state index in [4.69, 9.17) is 33.3 Å². The van der Waals surface area contributed by atoms with Crippen molar-refractivity contribution in [3.05, 3.63) is 47.1 Å². The summed E-state index contributed by atoms with van der Waals surface area (Å²) in [4.78, 5) is 39.0. The Bertz CT molecular complexity index is 1290. The summed E-state index contributed by atoms with van der Waals surface area (Å²) < 4.78 is 7.63. The van der Waals surface area contributed by atoms with Crippen LogP contribution in [0.25, 0.3) is 22.4 Å². The molecule has 0 radical (unpaired) electrons. The minimum Gasteiger partial charge on any atom is -0.480 e. The van der Waals surface area contributed by atoms with Crippen molar-refractivity contribution in [3.8, 4) is 11.3 Å². The zero-order valence-electron chi connectivity index (χ0n) is 18.3. The van der Waals surface area contributed by atoms with Gasteiger partial charge in [0.1, 0.15) is 18.0 Å². The third-order valence-corrected chi connectivity index (χ3v) is 6.17. The number of hydrogen-bond acceptors (Lipinski definition) is 5. The summed E-state index contributed by atoms with van der Waals surface area (Å²) in [6, 6.07) is 10.7. The van der Waals surface area contributed by atoms with Crippen LogP contribution in [0.3, 0.4) is 0 Å². The summed E-state index contributed by atoms with van der Waals surface area (Å²) >= 11 is 11.6. The van der Waals surface area contributed by atoms with E-state index in [9.17, 15) is 14.4 Å². The molecule has 3 heterocycles. The number of aromatic nitrogens is 1. The summed E-state index contributed by atoms with van der Waals surface area (Å²) in [6.45, 7) is 3.52. The van der Waals surface area contributed by atoms with Crippen molar-refractivity contribution < 1.29 is 23.9 Å². The number of furan rings is 1. The Balaban J connectivity index is 1.55. The summed E-state index contributed by atoms with van der Waals surface area (Å²) in [7, 11) is 1.44. The Morgan fingerprint density at radius 1 is 1.21 bits per heavy atom. The largest absolute Gasteiger partial charge is 0.480 e. The van der Waals surface area contributed by atoms with Crippen LogP contribution in [0.1, 0.15) is 30.8 Å². The highest BCUT2D eigenvalue weighted by Crippen LogP contribution is 2.35. The van der Waals surface area contributed by atoms with Crippen LogP contribution >= 0.6 is 23.8 Å². The third-order valence-electron chi connectivity index (χ3n) is 5.52. The van der Waals surface area contributed by atoms with E-state index in [1.54, 1.807) is 22.8 Å². The molecule has 10 heteroatoms. The van der Waals surface area contributed by atoms with Gasteiger partial charge in [-0.05, 0) is 41.9 Å². The first-order chi connectivity index (χ1) is 15.5. The second-order valence-corrected chi connectivity index (χ2v) is 9.69. The number of halogens is 1. The molecule has 172 valence electrons. The van der Waals surface area contributed by atoms with Crippen LogP contribution in [0.15, 0.2) is 40.8 Å². The molecule has 2 amide bonds. The number of likely N-dealkylation sites (N-methyl/N-ethyl adjacent to an activating group) is 1. The molecular weight excluding hydrogens is 466 g/mol. The van der Waals surface area contributed by atoms with Crippen molar-refractivity contribution in [1.29, 1.82) is 0 Å². The summed E-state index contributed by atoms with van der Waals surface area (Å²) in [5, 5.41) is 9.84. The maximum absolute atomic E-state index is 13.1. The summed E-state index contributed by atoms with van der Waals surface area (Å²) in [6.07, 6.45) is 0.0693. The predicted octanol–water partition coefficient (Wildman–Crippen LogP) is 4.10. The quantitative estimate of drug-likeness (QED) is 0.504. The fraction of sp³-hybridized carbons (Fsp3) is 0.304. The molecule has 8 nitrogen and oxygen atoms in total. The van der Waals surface area contributed by atoms with Crippen molar-refractivity contribution in [2.24, 2.45) is 5.41 Å². The standard InChI is InChI=1S/C23H22ClN3O5S/c1-23(2,10-19(28)25(3)11-20(29)30)12-26-21(31)16-9-18-15(27(16)22(26)33)8-17(32-18)13-4-6-14(24)7-5-13/h4-9H,10-12H2,1-3H3,(H,29,30). The fourth-order valence-corrected chi connectivity index (χ4v) is 4.39. The first-order valence-corrected chi connectivity index (χ1v) is 11.0. The maximum atomic E-state index is 13.1. The molecule has 1 aliphatic heterocycles. The van der Waals surface area contributed by atoms with Crippen LogP contribution in [0.2, 0.25) is 5.02 Å². The van der Waals surface area contributed by atoms with E-state index in [-0.39, 0.29) is 31.3 Å². The van der Waals surface area contributed by atoms with Gasteiger partial charge in [-0.3, -0.25) is 23.9 Å². The van der Waals surface area contributed by atoms with Gasteiger partial charge in [0.2, 0.25) is 5.91 Å². The first kappa shape index (κ1) is 23.0. The Morgan fingerprint density at radius 2 is 1.88 bits per heavy atom. The molecule has 0 aliphatic carbocycles. The number of carboxylic acid groups (broad SMARTS) is 1. The predicted molar refractivity (Wildman–Crippen MR) is 127 cm³/mol. The maximum Gasteiger partial charge on any atom is 0.323 e. The van der Waals surface area contributed by atoms with Crippen molar-refractivity contribution in [1.82, 2.24) is 14.4 Å². The number of carboxylic acids is 1. The van der Waals surface area contributed by atoms with Gasteiger partial charge in [0.25, 0.3) is 5.91 Å². The van der Waals surface area contributed by atoms with Gasteiger partial charge in [0.15, 0.2) is 10.7 Å². The molecule has 3 aromatic rings. The smallest absolute Gasteiger partial charge is 0.323 e. The minimum absolute atomic E-state index is 0.0693. The molecule has 2 aromatic heterocycles. The van der Waals surface area contributed by atoms with Crippen LogP contribution in [0.5, 0.6) is 0 Å². The molecular formula is C23H22ClN3O5S. The SMILES string of the molecule is CN(CC(=O)O)C(=O)CC(C)(C)CN1C(=O)c2cc3oc(-c4ccc(Cl)cc4)cc3n2C1=S. The lowest BCUT2D eigenvalue weighted by Crippen LogP contribution is -2.42. The van der Waals surface area contributed by atoms with Crippen LogP contribution in [-0.2, 0) is 9.59 Å². The Hall–Kier alpha value is -3.17. The average Bonchev–Trinajstić information content (AvgIpc) is 3.34. The second kappa shape index (κ2) is 8.31. The van der Waals surface area contributed by atoms with E-state index < -0.39 is 11.4 Å². The number of carbonyl (C=O) groups is 3. The third kappa shape index (κ3) is 4.38. The zero-order chi connectivity index (χ0) is 24.1. The first-order valence-electron chi connectivity index (χ1n) is 10.2. The molecule has 0 atom stereocenters. The number of nitrogens with zero attached hydrogens (tertiary/aromatic N) is 3. The number of aliphatic carboxylic acids is 1. The lowest BCUT2D eigenvalue weighted by molar-refractivity contribution is -0.144. The number of fused-ring (bicyclic) bond motifs is 3. The summed E-state index contributed by atoms with van der Waals surface area (Å²) in [5.74, 6) is -1.03. The van der Waals surface area contributed by atoms with Crippen molar-refractivity contribution in [2.45, 2.75) is 20.3 Å². The number of hydrogen-bond donors (Lipinski definition) is 1. The van der Waals surface area contributed by atoms with Gasteiger partial charge in [-0.1, -0.05) is 25.4 Å². The van der Waals surface area contributed by atoms with E-state index in [0.29, 0.717) is 32.7 Å². The number of amides is 2. The van der Waals surface area contributed by atoms with Gasteiger partial charge < -0.3 is 14.4 Å². The lowest BCUT2D eigenvalue weighted by atomic mass is 9.88. The van der Waals surface area contributed by atoms with E-state index >= 15 is 0 Å². The van der Waals surface area contributed by atoms with Gasteiger partial charge in [-0.15, -0.1) is 0 Å². The van der Waals surface area contributed by atoms with E-state index in [1.165, 1.54) is 11.9 Å². The van der Waals surface area contributed by atoms with E-state index in [2.05, 4.69) is 0 Å². The molecule has 0 fully saturated rings. The van der Waals surface area contributed by atoms with Crippen LogP contribution in [-0.4, -0.2) is 62.5 Å². The monoisotopic (exact) mass is 487 g/mol. The van der Waals surface area contributed by atoms with Gasteiger partial charge >= 0.3 is 5.97 Å². The van der Waals surface area contributed by atoms with Crippen LogP contribution in [0, 0.1) is 5.41 Å².